The SMILES string of the molecule is Cc1cccc(Cc2cnc(NC(=O)c3ccc([N+](=O)[O-])cc3)s2)c1. The van der Waals surface area contributed by atoms with Gasteiger partial charge in [0.1, 0.15) is 0 Å². The predicted octanol–water partition coefficient (Wildman–Crippen LogP) is 4.20. The second-order valence-corrected chi connectivity index (χ2v) is 6.67. The maximum atomic E-state index is 12.2. The molecular weight excluding hydrogens is 338 g/mol. The highest BCUT2D eigenvalue weighted by atomic mass is 32.1. The monoisotopic (exact) mass is 353 g/mol. The van der Waals surface area contributed by atoms with Gasteiger partial charge in [-0.3, -0.25) is 20.2 Å². The first kappa shape index (κ1) is 16.8. The van der Waals surface area contributed by atoms with Crippen LogP contribution >= 0.6 is 11.3 Å². The third-order valence-electron chi connectivity index (χ3n) is 3.58. The molecule has 6 nitrogen and oxygen atoms in total. The Morgan fingerprint density at radius 2 is 2.00 bits per heavy atom. The fourth-order valence-corrected chi connectivity index (χ4v) is 3.22. The zero-order valence-electron chi connectivity index (χ0n) is 13.4. The molecule has 1 amide bonds. The molecule has 2 aromatic carbocycles. The van der Waals surface area contributed by atoms with E-state index in [1.165, 1.54) is 46.7 Å². The van der Waals surface area contributed by atoms with Gasteiger partial charge in [0, 0.05) is 35.2 Å². The van der Waals surface area contributed by atoms with Crippen molar-refractivity contribution < 1.29 is 9.72 Å². The molecule has 25 heavy (non-hydrogen) atoms. The topological polar surface area (TPSA) is 85.1 Å². The fraction of sp³-hybridized carbons (Fsp3) is 0.111. The number of nitro benzene ring substituents is 1. The van der Waals surface area contributed by atoms with Crippen molar-refractivity contribution in [2.24, 2.45) is 0 Å². The highest BCUT2D eigenvalue weighted by molar-refractivity contribution is 7.15. The summed E-state index contributed by atoms with van der Waals surface area (Å²) in [4.78, 5) is 27.6. The summed E-state index contributed by atoms with van der Waals surface area (Å²) in [5.41, 5.74) is 2.69. The van der Waals surface area contributed by atoms with Crippen LogP contribution in [0.4, 0.5) is 10.8 Å². The number of benzene rings is 2. The van der Waals surface area contributed by atoms with E-state index >= 15 is 0 Å². The zero-order chi connectivity index (χ0) is 17.8. The molecule has 0 saturated heterocycles. The molecular formula is C18H15N3O3S. The molecule has 0 atom stereocenters. The predicted molar refractivity (Wildman–Crippen MR) is 97.1 cm³/mol. The summed E-state index contributed by atoms with van der Waals surface area (Å²) in [6.07, 6.45) is 2.51. The number of carbonyl (C=O) groups is 1. The van der Waals surface area contributed by atoms with Crippen LogP contribution in [0.3, 0.4) is 0 Å². The standard InChI is InChI=1S/C18H15N3O3S/c1-12-3-2-4-13(9-12)10-16-11-19-18(25-16)20-17(22)14-5-7-15(8-6-14)21(23)24/h2-9,11H,10H2,1H3,(H,19,20,22). The van der Waals surface area contributed by atoms with Crippen molar-refractivity contribution in [3.63, 3.8) is 0 Å². The number of aryl methyl sites for hydroxylation is 1. The van der Waals surface area contributed by atoms with Crippen molar-refractivity contribution in [3.05, 3.63) is 86.4 Å². The molecule has 3 rings (SSSR count). The molecule has 0 fully saturated rings. The van der Waals surface area contributed by atoms with Gasteiger partial charge in [-0.25, -0.2) is 4.98 Å². The number of non-ortho nitro benzene ring substituents is 1. The summed E-state index contributed by atoms with van der Waals surface area (Å²) in [6.45, 7) is 2.05. The lowest BCUT2D eigenvalue weighted by Gasteiger charge is -2.01. The Hall–Kier alpha value is -3.06. The molecule has 0 spiro atoms. The van der Waals surface area contributed by atoms with Crippen molar-refractivity contribution in [3.8, 4) is 0 Å². The minimum absolute atomic E-state index is 0.0498. The first-order valence-corrected chi connectivity index (χ1v) is 8.39. The van der Waals surface area contributed by atoms with E-state index in [2.05, 4.69) is 22.4 Å². The quantitative estimate of drug-likeness (QED) is 0.550. The number of thiazole rings is 1. The number of amides is 1. The lowest BCUT2D eigenvalue weighted by atomic mass is 10.1. The first-order valence-electron chi connectivity index (χ1n) is 7.57. The van der Waals surface area contributed by atoms with Gasteiger partial charge in [-0.15, -0.1) is 11.3 Å². The molecule has 0 unspecified atom stereocenters. The van der Waals surface area contributed by atoms with Gasteiger partial charge in [-0.2, -0.15) is 0 Å². The van der Waals surface area contributed by atoms with Crippen molar-refractivity contribution >= 4 is 28.1 Å². The summed E-state index contributed by atoms with van der Waals surface area (Å²) < 4.78 is 0. The van der Waals surface area contributed by atoms with E-state index in [1.807, 2.05) is 19.1 Å². The Morgan fingerprint density at radius 3 is 2.68 bits per heavy atom. The van der Waals surface area contributed by atoms with Gasteiger partial charge in [-0.1, -0.05) is 29.8 Å². The number of hydrogen-bond acceptors (Lipinski definition) is 5. The molecule has 1 aromatic heterocycles. The molecule has 0 saturated carbocycles. The van der Waals surface area contributed by atoms with Gasteiger partial charge in [-0.05, 0) is 24.6 Å². The van der Waals surface area contributed by atoms with E-state index in [4.69, 9.17) is 0 Å². The zero-order valence-corrected chi connectivity index (χ0v) is 14.2. The van der Waals surface area contributed by atoms with Crippen molar-refractivity contribution in [2.75, 3.05) is 5.32 Å². The van der Waals surface area contributed by atoms with E-state index in [-0.39, 0.29) is 11.6 Å². The minimum atomic E-state index is -0.500. The second kappa shape index (κ2) is 7.23. The van der Waals surface area contributed by atoms with E-state index < -0.39 is 4.92 Å². The third-order valence-corrected chi connectivity index (χ3v) is 4.49. The van der Waals surface area contributed by atoms with Crippen molar-refractivity contribution in [1.29, 1.82) is 0 Å². The summed E-state index contributed by atoms with van der Waals surface area (Å²) in [5, 5.41) is 13.9. The minimum Gasteiger partial charge on any atom is -0.298 e. The second-order valence-electron chi connectivity index (χ2n) is 5.56. The summed E-state index contributed by atoms with van der Waals surface area (Å²) in [7, 11) is 0. The van der Waals surface area contributed by atoms with Gasteiger partial charge in [0.25, 0.3) is 11.6 Å². The van der Waals surface area contributed by atoms with Crippen LogP contribution in [0.2, 0.25) is 0 Å². The molecule has 0 radical (unpaired) electrons. The van der Waals surface area contributed by atoms with Gasteiger partial charge < -0.3 is 0 Å². The number of aromatic nitrogens is 1. The summed E-state index contributed by atoms with van der Waals surface area (Å²) >= 11 is 1.41. The van der Waals surface area contributed by atoms with Crippen LogP contribution in [-0.2, 0) is 6.42 Å². The molecule has 0 bridgehead atoms. The number of anilines is 1. The molecule has 126 valence electrons. The average molecular weight is 353 g/mol. The number of nitrogens with one attached hydrogen (secondary N) is 1. The van der Waals surface area contributed by atoms with E-state index in [1.54, 1.807) is 6.20 Å². The summed E-state index contributed by atoms with van der Waals surface area (Å²) in [5.74, 6) is -0.341. The van der Waals surface area contributed by atoms with Crippen molar-refractivity contribution in [2.45, 2.75) is 13.3 Å². The highest BCUT2D eigenvalue weighted by Gasteiger charge is 2.11. The van der Waals surface area contributed by atoms with Gasteiger partial charge >= 0.3 is 0 Å². The van der Waals surface area contributed by atoms with Crippen LogP contribution in [0.25, 0.3) is 0 Å². The lowest BCUT2D eigenvalue weighted by molar-refractivity contribution is -0.384. The molecule has 7 heteroatoms. The Bertz CT molecular complexity index is 919. The number of nitrogens with zero attached hydrogens (tertiary/aromatic N) is 2. The number of carbonyl (C=O) groups excluding carboxylic acids is 1. The Kier molecular flexibility index (Phi) is 4.85. The Balaban J connectivity index is 1.66. The Morgan fingerprint density at radius 1 is 1.24 bits per heavy atom. The van der Waals surface area contributed by atoms with Gasteiger partial charge in [0.15, 0.2) is 5.13 Å². The maximum Gasteiger partial charge on any atom is 0.269 e. The van der Waals surface area contributed by atoms with Crippen LogP contribution < -0.4 is 5.32 Å². The van der Waals surface area contributed by atoms with E-state index in [0.717, 1.165) is 11.3 Å². The molecule has 0 aliphatic rings. The highest BCUT2D eigenvalue weighted by Crippen LogP contribution is 2.22. The van der Waals surface area contributed by atoms with Gasteiger partial charge in [0.2, 0.25) is 0 Å². The van der Waals surface area contributed by atoms with E-state index in [0.29, 0.717) is 10.7 Å². The van der Waals surface area contributed by atoms with Crippen LogP contribution in [0.1, 0.15) is 26.4 Å². The largest absolute Gasteiger partial charge is 0.298 e. The number of hydrogen-bond donors (Lipinski definition) is 1. The molecule has 1 N–H and O–H groups in total. The number of rotatable bonds is 5. The van der Waals surface area contributed by atoms with Crippen LogP contribution in [0, 0.1) is 17.0 Å². The lowest BCUT2D eigenvalue weighted by Crippen LogP contribution is -2.11. The van der Waals surface area contributed by atoms with Crippen LogP contribution in [0.5, 0.6) is 0 Å². The maximum absolute atomic E-state index is 12.2. The first-order chi connectivity index (χ1) is 12.0. The smallest absolute Gasteiger partial charge is 0.269 e. The molecule has 1 heterocycles. The van der Waals surface area contributed by atoms with E-state index in [9.17, 15) is 14.9 Å². The van der Waals surface area contributed by atoms with Gasteiger partial charge in [0.05, 0.1) is 4.92 Å². The molecule has 0 aliphatic heterocycles. The number of nitro groups is 1. The Labute approximate surface area is 148 Å². The molecule has 3 aromatic rings. The van der Waals surface area contributed by atoms with Crippen LogP contribution in [0.15, 0.2) is 54.7 Å². The van der Waals surface area contributed by atoms with Crippen LogP contribution in [-0.4, -0.2) is 15.8 Å². The normalized spacial score (nSPS) is 10.4. The average Bonchev–Trinajstić information content (AvgIpc) is 3.01. The fourth-order valence-electron chi connectivity index (χ4n) is 2.37. The molecule has 0 aliphatic carbocycles. The van der Waals surface area contributed by atoms with Crippen molar-refractivity contribution in [1.82, 2.24) is 4.98 Å². The third kappa shape index (κ3) is 4.27. The summed E-state index contributed by atoms with van der Waals surface area (Å²) in [6, 6.07) is 13.7.